The third-order valence-corrected chi connectivity index (χ3v) is 8.88. The number of aromatic nitrogens is 3. The lowest BCUT2D eigenvalue weighted by atomic mass is 9.84. The Balaban J connectivity index is 1.35. The number of morpholine rings is 1. The van der Waals surface area contributed by atoms with Crippen LogP contribution in [0.15, 0.2) is 70.4 Å². The summed E-state index contributed by atoms with van der Waals surface area (Å²) in [6.07, 6.45) is 3.77. The monoisotopic (exact) mass is 628 g/mol. The van der Waals surface area contributed by atoms with Crippen molar-refractivity contribution in [3.05, 3.63) is 93.0 Å². The minimum Gasteiger partial charge on any atom is -0.460 e. The molecule has 1 saturated heterocycles. The molecule has 2 aromatic carbocycles. The zero-order valence-corrected chi connectivity index (χ0v) is 26.7. The number of halogens is 1. The standard InChI is InChI=1S/C36H41FN4O5/c1-36(2,3)46-32(42)19-24-11-13-28(14-12-24)41-34(43)31-21-27(37)22-38-33(31)40(35(41)44)29-9-6-8-25(20-29)30-10-5-4-7-26(30)23-39-15-17-45-18-16-39/h4-10,20-22,24,28H,11-19,23H2,1-3H3. The minimum atomic E-state index is -0.645. The SMILES string of the molecule is CC(C)(C)OC(=O)CC1CCC(n2c(=O)c3cc(F)cnc3n(-c3cccc(-c4ccccc4CN4CCOCC4)c3)c2=O)CC1. The summed E-state index contributed by atoms with van der Waals surface area (Å²) in [5.74, 6) is -0.778. The highest BCUT2D eigenvalue weighted by atomic mass is 19.1. The molecular weight excluding hydrogens is 587 g/mol. The van der Waals surface area contributed by atoms with Crippen molar-refractivity contribution in [2.24, 2.45) is 5.92 Å². The summed E-state index contributed by atoms with van der Waals surface area (Å²) < 4.78 is 28.2. The Bertz CT molecular complexity index is 1850. The Morgan fingerprint density at radius 2 is 1.74 bits per heavy atom. The van der Waals surface area contributed by atoms with E-state index in [4.69, 9.17) is 9.47 Å². The molecule has 0 radical (unpaired) electrons. The van der Waals surface area contributed by atoms with E-state index in [0.29, 0.717) is 51.0 Å². The van der Waals surface area contributed by atoms with Gasteiger partial charge in [0.1, 0.15) is 11.4 Å². The predicted molar refractivity (Wildman–Crippen MR) is 175 cm³/mol. The van der Waals surface area contributed by atoms with Gasteiger partial charge < -0.3 is 9.47 Å². The summed E-state index contributed by atoms with van der Waals surface area (Å²) in [7, 11) is 0. The van der Waals surface area contributed by atoms with Crippen molar-refractivity contribution in [2.75, 3.05) is 26.3 Å². The van der Waals surface area contributed by atoms with Gasteiger partial charge >= 0.3 is 11.7 Å². The van der Waals surface area contributed by atoms with Crippen molar-refractivity contribution in [1.29, 1.82) is 0 Å². The van der Waals surface area contributed by atoms with Crippen LogP contribution in [0.1, 0.15) is 64.5 Å². The Morgan fingerprint density at radius 3 is 2.48 bits per heavy atom. The van der Waals surface area contributed by atoms with Crippen molar-refractivity contribution >= 4 is 17.0 Å². The number of esters is 1. The molecule has 1 saturated carbocycles. The Hall–Kier alpha value is -4.15. The number of ether oxygens (including phenoxy) is 2. The second kappa shape index (κ2) is 13.3. The largest absolute Gasteiger partial charge is 0.460 e. The van der Waals surface area contributed by atoms with Gasteiger partial charge in [-0.2, -0.15) is 0 Å². The fraction of sp³-hybridized carbons (Fsp3) is 0.444. The summed E-state index contributed by atoms with van der Waals surface area (Å²) in [6.45, 7) is 9.45. The third kappa shape index (κ3) is 6.98. The van der Waals surface area contributed by atoms with Crippen LogP contribution in [0.2, 0.25) is 0 Å². The lowest BCUT2D eigenvalue weighted by molar-refractivity contribution is -0.156. The maximum atomic E-state index is 14.5. The number of hydrogen-bond donors (Lipinski definition) is 0. The molecule has 3 heterocycles. The summed E-state index contributed by atoms with van der Waals surface area (Å²) in [5, 5.41) is 0.0496. The highest BCUT2D eigenvalue weighted by Crippen LogP contribution is 2.34. The van der Waals surface area contributed by atoms with E-state index < -0.39 is 22.7 Å². The first-order valence-electron chi connectivity index (χ1n) is 16.1. The van der Waals surface area contributed by atoms with Gasteiger partial charge in [0.05, 0.1) is 30.5 Å². The lowest BCUT2D eigenvalue weighted by Crippen LogP contribution is -2.43. The van der Waals surface area contributed by atoms with Crippen LogP contribution in [-0.2, 0) is 20.8 Å². The lowest BCUT2D eigenvalue weighted by Gasteiger charge is -2.30. The molecule has 0 amide bonds. The Morgan fingerprint density at radius 1 is 1.00 bits per heavy atom. The van der Waals surface area contributed by atoms with Crippen LogP contribution in [0.3, 0.4) is 0 Å². The van der Waals surface area contributed by atoms with Gasteiger partial charge in [-0.15, -0.1) is 0 Å². The summed E-state index contributed by atoms with van der Waals surface area (Å²) in [5.41, 5.74) is 2.17. The van der Waals surface area contributed by atoms with E-state index in [1.54, 1.807) is 0 Å². The van der Waals surface area contributed by atoms with E-state index in [0.717, 1.165) is 48.6 Å². The zero-order valence-electron chi connectivity index (χ0n) is 26.7. The smallest absolute Gasteiger partial charge is 0.337 e. The molecule has 242 valence electrons. The summed E-state index contributed by atoms with van der Waals surface area (Å²) in [4.78, 5) is 47.1. The van der Waals surface area contributed by atoms with E-state index in [1.165, 1.54) is 9.13 Å². The molecule has 0 atom stereocenters. The molecule has 0 bridgehead atoms. The van der Waals surface area contributed by atoms with Gasteiger partial charge in [-0.1, -0.05) is 36.4 Å². The fourth-order valence-corrected chi connectivity index (χ4v) is 6.72. The van der Waals surface area contributed by atoms with E-state index in [1.807, 2.05) is 57.2 Å². The van der Waals surface area contributed by atoms with Crippen molar-refractivity contribution in [3.8, 4) is 16.8 Å². The normalized spacial score (nSPS) is 19.3. The molecule has 6 rings (SSSR count). The van der Waals surface area contributed by atoms with Crippen LogP contribution in [-0.4, -0.2) is 56.9 Å². The number of carbonyl (C=O) groups is 1. The number of fused-ring (bicyclic) bond motifs is 1. The van der Waals surface area contributed by atoms with Gasteiger partial charge in [0.15, 0.2) is 5.65 Å². The first-order chi connectivity index (χ1) is 22.1. The molecule has 2 aliphatic rings. The molecule has 9 nitrogen and oxygen atoms in total. The summed E-state index contributed by atoms with van der Waals surface area (Å²) in [6, 6.07) is 16.6. The predicted octanol–water partition coefficient (Wildman–Crippen LogP) is 5.65. The van der Waals surface area contributed by atoms with Crippen molar-refractivity contribution < 1.29 is 18.7 Å². The van der Waals surface area contributed by atoms with Crippen LogP contribution < -0.4 is 11.2 Å². The second-order valence-electron chi connectivity index (χ2n) is 13.4. The van der Waals surface area contributed by atoms with Crippen LogP contribution in [0.4, 0.5) is 4.39 Å². The second-order valence-corrected chi connectivity index (χ2v) is 13.4. The molecule has 2 aromatic heterocycles. The number of benzene rings is 2. The zero-order chi connectivity index (χ0) is 32.4. The van der Waals surface area contributed by atoms with Crippen molar-refractivity contribution in [3.63, 3.8) is 0 Å². The topological polar surface area (TPSA) is 95.7 Å². The highest BCUT2D eigenvalue weighted by Gasteiger charge is 2.29. The molecule has 1 aliphatic heterocycles. The fourth-order valence-electron chi connectivity index (χ4n) is 6.72. The number of rotatable bonds is 7. The van der Waals surface area contributed by atoms with Crippen molar-refractivity contribution in [1.82, 2.24) is 19.0 Å². The third-order valence-electron chi connectivity index (χ3n) is 8.88. The maximum Gasteiger partial charge on any atom is 0.337 e. The number of nitrogens with zero attached hydrogens (tertiary/aromatic N) is 4. The van der Waals surface area contributed by atoms with Crippen molar-refractivity contribution in [2.45, 2.75) is 71.1 Å². The number of hydrogen-bond acceptors (Lipinski definition) is 7. The molecular formula is C36H41FN4O5. The van der Waals surface area contributed by atoms with Gasteiger partial charge in [0, 0.05) is 32.1 Å². The average Bonchev–Trinajstić information content (AvgIpc) is 3.02. The van der Waals surface area contributed by atoms with Gasteiger partial charge in [-0.05, 0) is 87.3 Å². The van der Waals surface area contributed by atoms with Gasteiger partial charge in [0.25, 0.3) is 5.56 Å². The van der Waals surface area contributed by atoms with Gasteiger partial charge in [-0.25, -0.2) is 18.7 Å². The molecule has 1 aliphatic carbocycles. The summed E-state index contributed by atoms with van der Waals surface area (Å²) >= 11 is 0. The average molecular weight is 629 g/mol. The number of carbonyl (C=O) groups excluding carboxylic acids is 1. The minimum absolute atomic E-state index is 0.0496. The Kier molecular flexibility index (Phi) is 9.20. The molecule has 10 heteroatoms. The molecule has 0 spiro atoms. The Labute approximate surface area is 267 Å². The van der Waals surface area contributed by atoms with Crippen LogP contribution >= 0.6 is 0 Å². The van der Waals surface area contributed by atoms with E-state index >= 15 is 0 Å². The van der Waals surface area contributed by atoms with Crippen LogP contribution in [0.25, 0.3) is 27.8 Å². The molecule has 4 aromatic rings. The van der Waals surface area contributed by atoms with Crippen LogP contribution in [0, 0.1) is 11.7 Å². The number of pyridine rings is 1. The maximum absolute atomic E-state index is 14.5. The molecule has 0 N–H and O–H groups in total. The van der Waals surface area contributed by atoms with E-state index in [-0.39, 0.29) is 29.0 Å². The first-order valence-corrected chi connectivity index (χ1v) is 16.1. The first kappa shape index (κ1) is 31.8. The van der Waals surface area contributed by atoms with E-state index in [9.17, 15) is 18.8 Å². The molecule has 0 unspecified atom stereocenters. The van der Waals surface area contributed by atoms with Gasteiger partial charge in [-0.3, -0.25) is 19.1 Å². The molecule has 2 fully saturated rings. The van der Waals surface area contributed by atoms with Crippen LogP contribution in [0.5, 0.6) is 0 Å². The highest BCUT2D eigenvalue weighted by molar-refractivity contribution is 5.77. The van der Waals surface area contributed by atoms with E-state index in [2.05, 4.69) is 22.0 Å². The molecule has 46 heavy (non-hydrogen) atoms. The van der Waals surface area contributed by atoms with Gasteiger partial charge in [0.2, 0.25) is 0 Å². The quantitative estimate of drug-likeness (QED) is 0.244.